The summed E-state index contributed by atoms with van der Waals surface area (Å²) in [5.74, 6) is -1.32. The fourth-order valence-electron chi connectivity index (χ4n) is 2.41. The van der Waals surface area contributed by atoms with Crippen LogP contribution in [0.1, 0.15) is 24.2 Å². The summed E-state index contributed by atoms with van der Waals surface area (Å²) in [5.41, 5.74) is 5.43. The SMILES string of the molecule is CC1CN(S(=O)(=O)c2ccc(N)cc2C(=O)O)CC(C)O1. The summed E-state index contributed by atoms with van der Waals surface area (Å²) in [6.45, 7) is 3.94. The van der Waals surface area contributed by atoms with E-state index in [-0.39, 0.29) is 41.4 Å². The molecule has 2 unspecified atom stereocenters. The number of carbonyl (C=O) groups is 1. The minimum Gasteiger partial charge on any atom is -0.478 e. The summed E-state index contributed by atoms with van der Waals surface area (Å²) in [5, 5.41) is 9.19. The molecule has 0 spiro atoms. The fraction of sp³-hybridized carbons (Fsp3) is 0.462. The third-order valence-corrected chi connectivity index (χ3v) is 5.13. The number of ether oxygens (including phenoxy) is 1. The molecular formula is C13H18N2O5S. The highest BCUT2D eigenvalue weighted by molar-refractivity contribution is 7.89. The van der Waals surface area contributed by atoms with E-state index in [0.29, 0.717) is 0 Å². The topological polar surface area (TPSA) is 110 Å². The largest absolute Gasteiger partial charge is 0.478 e. The van der Waals surface area contributed by atoms with Crippen molar-refractivity contribution in [1.82, 2.24) is 4.31 Å². The Labute approximate surface area is 123 Å². The second-order valence-corrected chi connectivity index (χ2v) is 7.05. The number of hydrogen-bond donors (Lipinski definition) is 2. The molecule has 8 heteroatoms. The van der Waals surface area contributed by atoms with Crippen molar-refractivity contribution in [2.45, 2.75) is 31.0 Å². The van der Waals surface area contributed by atoms with Crippen LogP contribution in [0.5, 0.6) is 0 Å². The smallest absolute Gasteiger partial charge is 0.337 e. The first-order chi connectivity index (χ1) is 9.71. The molecule has 2 atom stereocenters. The van der Waals surface area contributed by atoms with Gasteiger partial charge in [-0.1, -0.05) is 0 Å². The zero-order valence-corrected chi connectivity index (χ0v) is 12.6. The molecular weight excluding hydrogens is 296 g/mol. The maximum Gasteiger partial charge on any atom is 0.337 e. The molecule has 0 amide bonds. The van der Waals surface area contributed by atoms with Crippen LogP contribution >= 0.6 is 0 Å². The molecule has 1 aliphatic heterocycles. The number of benzene rings is 1. The monoisotopic (exact) mass is 314 g/mol. The molecule has 0 saturated carbocycles. The highest BCUT2D eigenvalue weighted by Crippen LogP contribution is 2.25. The van der Waals surface area contributed by atoms with E-state index in [2.05, 4.69) is 0 Å². The number of rotatable bonds is 3. The zero-order valence-electron chi connectivity index (χ0n) is 11.8. The Morgan fingerprint density at radius 2 is 1.90 bits per heavy atom. The first kappa shape index (κ1) is 15.7. The summed E-state index contributed by atoms with van der Waals surface area (Å²) in [7, 11) is -3.90. The third kappa shape index (κ3) is 3.17. The first-order valence-corrected chi connectivity index (χ1v) is 7.94. The van der Waals surface area contributed by atoms with Crippen LogP contribution in [-0.4, -0.2) is 49.1 Å². The van der Waals surface area contributed by atoms with Crippen LogP contribution in [0.4, 0.5) is 5.69 Å². The Morgan fingerprint density at radius 3 is 2.43 bits per heavy atom. The average Bonchev–Trinajstić information content (AvgIpc) is 2.37. The number of nitrogen functional groups attached to an aromatic ring is 1. The lowest BCUT2D eigenvalue weighted by Gasteiger charge is -2.34. The minimum absolute atomic E-state index is 0.191. The second kappa shape index (κ2) is 5.63. The van der Waals surface area contributed by atoms with E-state index in [1.165, 1.54) is 16.4 Å². The average molecular weight is 314 g/mol. The summed E-state index contributed by atoms with van der Waals surface area (Å²) >= 11 is 0. The highest BCUT2D eigenvalue weighted by Gasteiger charge is 2.34. The number of hydrogen-bond acceptors (Lipinski definition) is 5. The predicted octanol–water partition coefficient (Wildman–Crippen LogP) is 0.765. The minimum atomic E-state index is -3.90. The molecule has 1 saturated heterocycles. The maximum absolute atomic E-state index is 12.7. The first-order valence-electron chi connectivity index (χ1n) is 6.50. The Balaban J connectivity index is 2.47. The van der Waals surface area contributed by atoms with Crippen molar-refractivity contribution in [2.75, 3.05) is 18.8 Å². The van der Waals surface area contributed by atoms with Crippen LogP contribution in [-0.2, 0) is 14.8 Å². The van der Waals surface area contributed by atoms with Gasteiger partial charge in [0.05, 0.1) is 22.7 Å². The number of nitrogens with two attached hydrogens (primary N) is 1. The number of morpholine rings is 1. The quantitative estimate of drug-likeness (QED) is 0.797. The van der Waals surface area contributed by atoms with E-state index in [4.69, 9.17) is 10.5 Å². The number of carboxylic acids is 1. The molecule has 0 aliphatic carbocycles. The van der Waals surface area contributed by atoms with E-state index < -0.39 is 16.0 Å². The van der Waals surface area contributed by atoms with Gasteiger partial charge in [0.15, 0.2) is 0 Å². The normalized spacial score (nSPS) is 23.9. The van der Waals surface area contributed by atoms with Gasteiger partial charge in [0.1, 0.15) is 0 Å². The highest BCUT2D eigenvalue weighted by atomic mass is 32.2. The summed E-state index contributed by atoms with van der Waals surface area (Å²) in [6.07, 6.45) is -0.490. The van der Waals surface area contributed by atoms with E-state index in [9.17, 15) is 18.3 Å². The molecule has 0 aromatic heterocycles. The van der Waals surface area contributed by atoms with Crippen molar-refractivity contribution in [3.05, 3.63) is 23.8 Å². The Hall–Kier alpha value is -1.64. The molecule has 1 heterocycles. The predicted molar refractivity (Wildman–Crippen MR) is 76.6 cm³/mol. The zero-order chi connectivity index (χ0) is 15.8. The van der Waals surface area contributed by atoms with Gasteiger partial charge in [-0.2, -0.15) is 4.31 Å². The summed E-state index contributed by atoms with van der Waals surface area (Å²) in [6, 6.07) is 3.77. The van der Waals surface area contributed by atoms with Crippen molar-refractivity contribution in [2.24, 2.45) is 0 Å². The fourth-order valence-corrected chi connectivity index (χ4v) is 4.16. The molecule has 1 aromatic rings. The van der Waals surface area contributed by atoms with Crippen LogP contribution < -0.4 is 5.73 Å². The van der Waals surface area contributed by atoms with Crippen molar-refractivity contribution in [1.29, 1.82) is 0 Å². The van der Waals surface area contributed by atoms with Crippen molar-refractivity contribution in [3.63, 3.8) is 0 Å². The van der Waals surface area contributed by atoms with Crippen LogP contribution in [0, 0.1) is 0 Å². The third-order valence-electron chi connectivity index (χ3n) is 3.24. The van der Waals surface area contributed by atoms with Gasteiger partial charge in [-0.15, -0.1) is 0 Å². The van der Waals surface area contributed by atoms with E-state index >= 15 is 0 Å². The van der Waals surface area contributed by atoms with Gasteiger partial charge in [-0.05, 0) is 32.0 Å². The Morgan fingerprint density at radius 1 is 1.33 bits per heavy atom. The van der Waals surface area contributed by atoms with Crippen molar-refractivity contribution < 1.29 is 23.1 Å². The molecule has 1 fully saturated rings. The molecule has 21 heavy (non-hydrogen) atoms. The van der Waals surface area contributed by atoms with Crippen LogP contribution in [0.2, 0.25) is 0 Å². The second-order valence-electron chi connectivity index (χ2n) is 5.14. The lowest BCUT2D eigenvalue weighted by molar-refractivity contribution is -0.0440. The molecule has 7 nitrogen and oxygen atoms in total. The lowest BCUT2D eigenvalue weighted by Crippen LogP contribution is -2.48. The Bertz CT molecular complexity index is 649. The van der Waals surface area contributed by atoms with Crippen LogP contribution in [0.3, 0.4) is 0 Å². The number of carboxylic acid groups (broad SMARTS) is 1. The summed E-state index contributed by atoms with van der Waals surface area (Å²) < 4.78 is 32.1. The van der Waals surface area contributed by atoms with Gasteiger partial charge < -0.3 is 15.6 Å². The number of sulfonamides is 1. The number of anilines is 1. The van der Waals surface area contributed by atoms with Crippen molar-refractivity contribution >= 4 is 21.7 Å². The lowest BCUT2D eigenvalue weighted by atomic mass is 10.2. The number of aromatic carboxylic acids is 1. The molecule has 1 aromatic carbocycles. The van der Waals surface area contributed by atoms with Crippen LogP contribution in [0.25, 0.3) is 0 Å². The molecule has 3 N–H and O–H groups in total. The Kier molecular flexibility index (Phi) is 4.22. The summed E-state index contributed by atoms with van der Waals surface area (Å²) in [4.78, 5) is 11.0. The molecule has 1 aliphatic rings. The van der Waals surface area contributed by atoms with Gasteiger partial charge >= 0.3 is 5.97 Å². The van der Waals surface area contributed by atoms with Gasteiger partial charge in [0.2, 0.25) is 10.0 Å². The van der Waals surface area contributed by atoms with Gasteiger partial charge in [0.25, 0.3) is 0 Å². The maximum atomic E-state index is 12.7. The van der Waals surface area contributed by atoms with Crippen molar-refractivity contribution in [3.8, 4) is 0 Å². The number of nitrogens with zero attached hydrogens (tertiary/aromatic N) is 1. The standard InChI is InChI=1S/C13H18N2O5S/c1-8-6-15(7-9(2)20-8)21(18,19)12-4-3-10(14)5-11(12)13(16)17/h3-5,8-9H,6-7,14H2,1-2H3,(H,16,17). The molecule has 116 valence electrons. The van der Waals surface area contributed by atoms with Gasteiger partial charge in [-0.3, -0.25) is 0 Å². The molecule has 2 rings (SSSR count). The van der Waals surface area contributed by atoms with E-state index in [1.807, 2.05) is 0 Å². The molecule has 0 bridgehead atoms. The van der Waals surface area contributed by atoms with E-state index in [0.717, 1.165) is 6.07 Å². The van der Waals surface area contributed by atoms with Gasteiger partial charge in [0, 0.05) is 18.8 Å². The molecule has 0 radical (unpaired) electrons. The van der Waals surface area contributed by atoms with Gasteiger partial charge in [-0.25, -0.2) is 13.2 Å². The van der Waals surface area contributed by atoms with E-state index in [1.54, 1.807) is 13.8 Å². The van der Waals surface area contributed by atoms with Crippen LogP contribution in [0.15, 0.2) is 23.1 Å².